The number of hydrogen-bond donors (Lipinski definition) is 0. The first-order chi connectivity index (χ1) is 21.0. The SMILES string of the molecule is CCc1c(N(C)C)ccc(OC(C)=O)c1C(=O)C1=C(OC(C)=O)c2c(c(N(C)C)c(OC(C)=O)c(C(C)=O)c2OC(C)=O)CC1. The van der Waals surface area contributed by atoms with Gasteiger partial charge in [-0.1, -0.05) is 6.92 Å². The largest absolute Gasteiger partial charge is 0.426 e. The number of fused-ring (bicyclic) bond motifs is 1. The van der Waals surface area contributed by atoms with Gasteiger partial charge in [0.1, 0.15) is 17.1 Å². The maximum absolute atomic E-state index is 14.6. The Hall–Kier alpha value is -5.00. The Labute approximate surface area is 261 Å². The summed E-state index contributed by atoms with van der Waals surface area (Å²) in [6, 6.07) is 3.27. The molecule has 240 valence electrons. The predicted octanol–water partition coefficient (Wildman–Crippen LogP) is 4.46. The molecule has 0 radical (unpaired) electrons. The fourth-order valence-electron chi connectivity index (χ4n) is 5.52. The van der Waals surface area contributed by atoms with Crippen LogP contribution >= 0.6 is 0 Å². The Morgan fingerprint density at radius 1 is 0.689 bits per heavy atom. The van der Waals surface area contributed by atoms with E-state index in [1.807, 2.05) is 25.9 Å². The maximum atomic E-state index is 14.6. The van der Waals surface area contributed by atoms with Gasteiger partial charge in [0.2, 0.25) is 0 Å². The van der Waals surface area contributed by atoms with Crippen LogP contribution in [0.3, 0.4) is 0 Å². The Bertz CT molecular complexity index is 1650. The molecule has 0 saturated heterocycles. The van der Waals surface area contributed by atoms with Crippen LogP contribution in [0.25, 0.3) is 5.76 Å². The minimum absolute atomic E-state index is 0.0238. The molecule has 45 heavy (non-hydrogen) atoms. The van der Waals surface area contributed by atoms with Crippen molar-refractivity contribution in [2.45, 2.75) is 60.8 Å². The van der Waals surface area contributed by atoms with E-state index in [2.05, 4.69) is 0 Å². The number of Topliss-reactive ketones (excluding diaryl/α,β-unsaturated/α-hetero) is 2. The number of esters is 4. The van der Waals surface area contributed by atoms with Gasteiger partial charge in [-0.15, -0.1) is 0 Å². The van der Waals surface area contributed by atoms with Crippen molar-refractivity contribution in [1.29, 1.82) is 0 Å². The second-order valence-electron chi connectivity index (χ2n) is 10.9. The molecule has 0 aliphatic heterocycles. The molecule has 3 rings (SSSR count). The summed E-state index contributed by atoms with van der Waals surface area (Å²) in [5.74, 6) is -4.78. The second kappa shape index (κ2) is 13.7. The van der Waals surface area contributed by atoms with Gasteiger partial charge in [0.05, 0.1) is 16.8 Å². The highest BCUT2D eigenvalue weighted by Crippen LogP contribution is 2.51. The van der Waals surface area contributed by atoms with E-state index in [4.69, 9.17) is 18.9 Å². The zero-order chi connectivity index (χ0) is 33.9. The zero-order valence-corrected chi connectivity index (χ0v) is 27.3. The quantitative estimate of drug-likeness (QED) is 0.209. The fourth-order valence-corrected chi connectivity index (χ4v) is 5.52. The number of anilines is 2. The van der Waals surface area contributed by atoms with Gasteiger partial charge in [-0.05, 0) is 49.4 Å². The summed E-state index contributed by atoms with van der Waals surface area (Å²) in [6.07, 6.45) is 0.551. The Kier molecular flexibility index (Phi) is 10.5. The van der Waals surface area contributed by atoms with Gasteiger partial charge in [0, 0.05) is 67.1 Å². The van der Waals surface area contributed by atoms with Crippen LogP contribution in [0.1, 0.15) is 85.4 Å². The summed E-state index contributed by atoms with van der Waals surface area (Å²) in [5, 5.41) is 0. The third kappa shape index (κ3) is 7.05. The van der Waals surface area contributed by atoms with E-state index in [0.29, 0.717) is 28.9 Å². The molecule has 0 bridgehead atoms. The Morgan fingerprint density at radius 2 is 1.24 bits per heavy atom. The lowest BCUT2D eigenvalue weighted by Crippen LogP contribution is -2.25. The number of hydrogen-bond acceptors (Lipinski definition) is 12. The third-order valence-corrected chi connectivity index (χ3v) is 6.99. The highest BCUT2D eigenvalue weighted by Gasteiger charge is 2.39. The molecule has 1 aliphatic carbocycles. The third-order valence-electron chi connectivity index (χ3n) is 6.99. The van der Waals surface area contributed by atoms with Gasteiger partial charge in [-0.25, -0.2) is 0 Å². The average molecular weight is 623 g/mol. The van der Waals surface area contributed by atoms with E-state index < -0.39 is 35.4 Å². The van der Waals surface area contributed by atoms with Crippen molar-refractivity contribution in [3.8, 4) is 17.2 Å². The number of rotatable bonds is 10. The van der Waals surface area contributed by atoms with Crippen LogP contribution in [0.4, 0.5) is 11.4 Å². The summed E-state index contributed by atoms with van der Waals surface area (Å²) >= 11 is 0. The van der Waals surface area contributed by atoms with E-state index in [-0.39, 0.29) is 58.1 Å². The van der Waals surface area contributed by atoms with Crippen LogP contribution in [0.15, 0.2) is 17.7 Å². The van der Waals surface area contributed by atoms with Crippen LogP contribution in [-0.2, 0) is 36.8 Å². The van der Waals surface area contributed by atoms with Gasteiger partial charge in [0.15, 0.2) is 23.1 Å². The van der Waals surface area contributed by atoms with Crippen molar-refractivity contribution in [3.63, 3.8) is 0 Å². The second-order valence-corrected chi connectivity index (χ2v) is 10.9. The van der Waals surface area contributed by atoms with E-state index in [1.54, 1.807) is 25.1 Å². The molecule has 2 aromatic rings. The topological polar surface area (TPSA) is 146 Å². The van der Waals surface area contributed by atoms with Crippen molar-refractivity contribution in [2.24, 2.45) is 0 Å². The maximum Gasteiger partial charge on any atom is 0.308 e. The molecule has 1 aliphatic rings. The molecule has 12 heteroatoms. The van der Waals surface area contributed by atoms with Crippen molar-refractivity contribution in [1.82, 2.24) is 0 Å². The van der Waals surface area contributed by atoms with Crippen LogP contribution in [-0.4, -0.2) is 63.6 Å². The molecular weight excluding hydrogens is 584 g/mol. The van der Waals surface area contributed by atoms with E-state index in [1.165, 1.54) is 26.8 Å². The van der Waals surface area contributed by atoms with Gasteiger partial charge in [-0.3, -0.25) is 28.8 Å². The van der Waals surface area contributed by atoms with Crippen molar-refractivity contribution in [3.05, 3.63) is 45.5 Å². The summed E-state index contributed by atoms with van der Waals surface area (Å²) in [6.45, 7) is 7.72. The molecule has 2 aromatic carbocycles. The molecule has 12 nitrogen and oxygen atoms in total. The van der Waals surface area contributed by atoms with Gasteiger partial charge in [0.25, 0.3) is 0 Å². The molecule has 0 atom stereocenters. The number of allylic oxidation sites excluding steroid dienone is 1. The van der Waals surface area contributed by atoms with Crippen LogP contribution in [0.5, 0.6) is 17.2 Å². The number of ether oxygens (including phenoxy) is 4. The molecule has 0 heterocycles. The summed E-state index contributed by atoms with van der Waals surface area (Å²) < 4.78 is 22.3. The lowest BCUT2D eigenvalue weighted by atomic mass is 9.82. The van der Waals surface area contributed by atoms with E-state index >= 15 is 0 Å². The Morgan fingerprint density at radius 3 is 1.71 bits per heavy atom. The first-order valence-corrected chi connectivity index (χ1v) is 14.3. The summed E-state index contributed by atoms with van der Waals surface area (Å²) in [7, 11) is 6.96. The number of carbonyl (C=O) groups is 6. The monoisotopic (exact) mass is 622 g/mol. The molecule has 0 N–H and O–H groups in total. The van der Waals surface area contributed by atoms with Crippen LogP contribution < -0.4 is 24.0 Å². The molecular formula is C33H38N2O10. The highest BCUT2D eigenvalue weighted by molar-refractivity contribution is 6.18. The van der Waals surface area contributed by atoms with E-state index in [9.17, 15) is 28.8 Å². The number of carbonyl (C=O) groups excluding carboxylic acids is 6. The highest BCUT2D eigenvalue weighted by atomic mass is 16.6. The van der Waals surface area contributed by atoms with Crippen LogP contribution in [0.2, 0.25) is 0 Å². The molecule has 0 unspecified atom stereocenters. The Balaban J connectivity index is 2.60. The minimum atomic E-state index is -0.809. The van der Waals surface area contributed by atoms with E-state index in [0.717, 1.165) is 13.8 Å². The first-order valence-electron chi connectivity index (χ1n) is 14.3. The van der Waals surface area contributed by atoms with Gasteiger partial charge < -0.3 is 28.7 Å². The van der Waals surface area contributed by atoms with Crippen molar-refractivity contribution >= 4 is 52.6 Å². The normalized spacial score (nSPS) is 12.1. The van der Waals surface area contributed by atoms with Crippen molar-refractivity contribution in [2.75, 3.05) is 38.0 Å². The first kappa shape index (κ1) is 34.5. The summed E-state index contributed by atoms with van der Waals surface area (Å²) in [4.78, 5) is 80.5. The number of benzene rings is 2. The van der Waals surface area contributed by atoms with Crippen molar-refractivity contribution < 1.29 is 47.7 Å². The van der Waals surface area contributed by atoms with Gasteiger partial charge >= 0.3 is 23.9 Å². The average Bonchev–Trinajstić information content (AvgIpc) is 2.90. The predicted molar refractivity (Wildman–Crippen MR) is 166 cm³/mol. The minimum Gasteiger partial charge on any atom is -0.426 e. The van der Waals surface area contributed by atoms with Gasteiger partial charge in [-0.2, -0.15) is 0 Å². The van der Waals surface area contributed by atoms with Crippen LogP contribution in [0, 0.1) is 0 Å². The molecule has 0 aromatic heterocycles. The lowest BCUT2D eigenvalue weighted by Gasteiger charge is -2.31. The smallest absolute Gasteiger partial charge is 0.308 e. The lowest BCUT2D eigenvalue weighted by molar-refractivity contribution is -0.134. The number of nitrogens with zero attached hydrogens (tertiary/aromatic N) is 2. The molecule has 0 amide bonds. The molecule has 0 spiro atoms. The zero-order valence-electron chi connectivity index (χ0n) is 27.3. The summed E-state index contributed by atoms with van der Waals surface area (Å²) in [5.41, 5.74) is 1.94. The standard InChI is InChI=1S/C33H38N2O10/c1-11-21-24(34(7)8)14-15-25(42-17(3)37)27(21)30(41)23-13-12-22-28(31(23)43-18(4)38)32(44-19(5)39)26(16(2)36)33(45-20(6)40)29(22)35(9)10/h14-15H,11-13H2,1-10H3. The fraction of sp³-hybridized carbons (Fsp3) is 0.394. The molecule has 0 fully saturated rings. The molecule has 0 saturated carbocycles. The number of ketones is 2.